The van der Waals surface area contributed by atoms with Crippen LogP contribution in [0, 0.1) is 12.5 Å². The molecule has 4 rings (SSSR count). The van der Waals surface area contributed by atoms with E-state index in [1.54, 1.807) is 9.58 Å². The molecule has 12 heteroatoms. The van der Waals surface area contributed by atoms with E-state index in [-0.39, 0.29) is 48.9 Å². The first-order chi connectivity index (χ1) is 15.5. The third-order valence-corrected chi connectivity index (χ3v) is 7.26. The fourth-order valence-corrected chi connectivity index (χ4v) is 4.86. The van der Waals surface area contributed by atoms with Crippen LogP contribution in [-0.4, -0.2) is 71.1 Å². The van der Waals surface area contributed by atoms with Crippen LogP contribution in [0.5, 0.6) is 0 Å². The molecule has 1 aromatic rings. The van der Waals surface area contributed by atoms with Crippen LogP contribution in [0.3, 0.4) is 0 Å². The lowest BCUT2D eigenvalue weighted by molar-refractivity contribution is -0.316. The second kappa shape index (κ2) is 8.29. The van der Waals surface area contributed by atoms with Crippen LogP contribution in [0.1, 0.15) is 48.9 Å². The van der Waals surface area contributed by atoms with Crippen LogP contribution in [0.4, 0.5) is 19.0 Å². The Balaban J connectivity index is 1.49. The Kier molecular flexibility index (Phi) is 5.90. The summed E-state index contributed by atoms with van der Waals surface area (Å²) in [7, 11) is 1.08. The second-order valence-corrected chi connectivity index (χ2v) is 9.34. The summed E-state index contributed by atoms with van der Waals surface area (Å²) in [5.74, 6) is -0.947. The number of carbonyl (C=O) groups is 2. The van der Waals surface area contributed by atoms with Gasteiger partial charge in [0.1, 0.15) is 11.1 Å². The molecule has 0 atom stereocenters. The molecule has 0 spiro atoms. The van der Waals surface area contributed by atoms with E-state index in [0.29, 0.717) is 25.7 Å². The Hall–Kier alpha value is -2.65. The Morgan fingerprint density at radius 2 is 1.94 bits per heavy atom. The smallest absolute Gasteiger partial charge is 0.366 e. The predicted molar refractivity (Wildman–Crippen MR) is 111 cm³/mol. The van der Waals surface area contributed by atoms with Gasteiger partial charge in [0.15, 0.2) is 11.4 Å². The molecule has 1 saturated heterocycles. The Morgan fingerprint density at radius 3 is 2.42 bits per heavy atom. The van der Waals surface area contributed by atoms with E-state index in [4.69, 9.17) is 17.0 Å². The van der Waals surface area contributed by atoms with Crippen molar-refractivity contribution in [3.8, 4) is 0 Å². The van der Waals surface area contributed by atoms with Crippen LogP contribution in [0.25, 0.3) is 4.85 Å². The molecular weight excluding hydrogens is 441 g/mol. The fourth-order valence-electron chi connectivity index (χ4n) is 4.86. The van der Waals surface area contributed by atoms with Crippen molar-refractivity contribution in [1.29, 1.82) is 0 Å². The maximum atomic E-state index is 13.3. The lowest BCUT2D eigenvalue weighted by Gasteiger charge is -2.54. The van der Waals surface area contributed by atoms with E-state index < -0.39 is 23.2 Å². The SMILES string of the molecule is [C-]#[N+]CC1(n2cc(C(N)=O)c(NC(=O)C3CC3)n2)CCC(N2CC(OC)(C(F)(F)F)C2)CC1. The highest BCUT2D eigenvalue weighted by Gasteiger charge is 2.63. The molecular formula is C21H27F3N6O3. The minimum absolute atomic E-state index is 0.0605. The average Bonchev–Trinajstić information content (AvgIpc) is 3.48. The fraction of sp³-hybridized carbons (Fsp3) is 0.714. The molecule has 2 saturated carbocycles. The highest BCUT2D eigenvalue weighted by atomic mass is 19.4. The summed E-state index contributed by atoms with van der Waals surface area (Å²) in [6.07, 6.45) is 0.761. The van der Waals surface area contributed by atoms with Gasteiger partial charge in [-0.2, -0.15) is 18.3 Å². The number of primary amides is 1. The number of nitrogens with zero attached hydrogens (tertiary/aromatic N) is 4. The van der Waals surface area contributed by atoms with Crippen molar-refractivity contribution >= 4 is 17.6 Å². The van der Waals surface area contributed by atoms with Gasteiger partial charge in [0, 0.05) is 38.4 Å². The summed E-state index contributed by atoms with van der Waals surface area (Å²) in [5.41, 5.74) is 2.72. The molecule has 33 heavy (non-hydrogen) atoms. The summed E-state index contributed by atoms with van der Waals surface area (Å²) >= 11 is 0. The zero-order valence-corrected chi connectivity index (χ0v) is 18.3. The van der Waals surface area contributed by atoms with Gasteiger partial charge in [-0.25, -0.2) is 6.57 Å². The van der Waals surface area contributed by atoms with Gasteiger partial charge in [-0.05, 0) is 38.5 Å². The zero-order chi connectivity index (χ0) is 24.0. The molecule has 180 valence electrons. The Bertz CT molecular complexity index is 967. The number of nitrogens with two attached hydrogens (primary N) is 1. The summed E-state index contributed by atoms with van der Waals surface area (Å²) < 4.78 is 46.3. The van der Waals surface area contributed by atoms with E-state index in [0.717, 1.165) is 20.0 Å². The number of hydrogen-bond donors (Lipinski definition) is 2. The molecule has 2 amide bonds. The van der Waals surface area contributed by atoms with Gasteiger partial charge in [0.25, 0.3) is 5.91 Å². The van der Waals surface area contributed by atoms with E-state index in [1.165, 1.54) is 6.20 Å². The summed E-state index contributed by atoms with van der Waals surface area (Å²) in [6.45, 7) is 7.11. The Morgan fingerprint density at radius 1 is 1.30 bits per heavy atom. The molecule has 0 bridgehead atoms. The lowest BCUT2D eigenvalue weighted by Crippen LogP contribution is -2.72. The predicted octanol–water partition coefficient (Wildman–Crippen LogP) is 2.15. The quantitative estimate of drug-likeness (QED) is 0.597. The third-order valence-electron chi connectivity index (χ3n) is 7.26. The number of anilines is 1. The van der Waals surface area contributed by atoms with Crippen LogP contribution in [0.2, 0.25) is 0 Å². The molecule has 2 aliphatic carbocycles. The molecule has 3 fully saturated rings. The maximum absolute atomic E-state index is 13.3. The second-order valence-electron chi connectivity index (χ2n) is 9.34. The standard InChI is InChI=1S/C21H27F3N6O3/c1-26-10-19(30-9-15(16(25)31)17(28-30)27-18(32)13-3-4-13)7-5-14(6-8-19)29-11-20(12-29,33-2)21(22,23)24/h9,13-14H,3-8,10-12H2,2H3,(H2,25,31)(H,27,28,32). The van der Waals surface area contributed by atoms with Crippen molar-refractivity contribution in [2.24, 2.45) is 11.7 Å². The number of amides is 2. The molecule has 1 aromatic heterocycles. The zero-order valence-electron chi connectivity index (χ0n) is 18.3. The molecule has 1 aliphatic heterocycles. The first-order valence-electron chi connectivity index (χ1n) is 10.9. The highest BCUT2D eigenvalue weighted by Crippen LogP contribution is 2.45. The van der Waals surface area contributed by atoms with E-state index >= 15 is 0 Å². The van der Waals surface area contributed by atoms with E-state index in [2.05, 4.69) is 15.3 Å². The number of likely N-dealkylation sites (tertiary alicyclic amines) is 1. The average molecular weight is 468 g/mol. The monoisotopic (exact) mass is 468 g/mol. The van der Waals surface area contributed by atoms with E-state index in [9.17, 15) is 22.8 Å². The molecule has 3 N–H and O–H groups in total. The number of methoxy groups -OCH3 is 1. The molecule has 2 heterocycles. The normalized spacial score (nSPS) is 27.4. The van der Waals surface area contributed by atoms with Gasteiger partial charge < -0.3 is 20.6 Å². The largest absolute Gasteiger partial charge is 0.419 e. The Labute approximate surface area is 189 Å². The molecule has 0 radical (unpaired) electrons. The molecule has 0 unspecified atom stereocenters. The summed E-state index contributed by atoms with van der Waals surface area (Å²) in [5, 5.41) is 7.10. The number of aromatic nitrogens is 2. The number of nitrogens with one attached hydrogen (secondary N) is 1. The van der Waals surface area contributed by atoms with Crippen LogP contribution >= 0.6 is 0 Å². The first kappa shape index (κ1) is 23.5. The van der Waals surface area contributed by atoms with Gasteiger partial charge in [0.05, 0.1) is 0 Å². The number of hydrogen-bond acceptors (Lipinski definition) is 5. The van der Waals surface area contributed by atoms with Gasteiger partial charge in [-0.15, -0.1) is 0 Å². The number of carbonyl (C=O) groups excluding carboxylic acids is 2. The van der Waals surface area contributed by atoms with Crippen molar-refractivity contribution < 1.29 is 27.5 Å². The number of ether oxygens (including phenoxy) is 1. The number of alkyl halides is 3. The van der Waals surface area contributed by atoms with Crippen molar-refractivity contribution in [2.45, 2.75) is 61.9 Å². The van der Waals surface area contributed by atoms with Crippen molar-refractivity contribution in [2.75, 3.05) is 32.1 Å². The lowest BCUT2D eigenvalue weighted by atomic mass is 9.77. The first-order valence-corrected chi connectivity index (χ1v) is 10.9. The van der Waals surface area contributed by atoms with E-state index in [1.807, 2.05) is 0 Å². The van der Waals surface area contributed by atoms with Gasteiger partial charge in [-0.3, -0.25) is 19.2 Å². The van der Waals surface area contributed by atoms with Gasteiger partial charge >= 0.3 is 6.18 Å². The topological polar surface area (TPSA) is 107 Å². The maximum Gasteiger partial charge on any atom is 0.419 e. The van der Waals surface area contributed by atoms with Gasteiger partial charge in [0.2, 0.25) is 12.5 Å². The van der Waals surface area contributed by atoms with Crippen LogP contribution in [-0.2, 0) is 15.1 Å². The number of halogens is 3. The molecule has 0 aromatic carbocycles. The van der Waals surface area contributed by atoms with Crippen LogP contribution in [0.15, 0.2) is 6.20 Å². The van der Waals surface area contributed by atoms with Crippen LogP contribution < -0.4 is 11.1 Å². The van der Waals surface area contributed by atoms with Crippen molar-refractivity contribution in [1.82, 2.24) is 14.7 Å². The third kappa shape index (κ3) is 4.19. The van der Waals surface area contributed by atoms with Gasteiger partial charge in [-0.1, -0.05) is 0 Å². The minimum atomic E-state index is -4.43. The summed E-state index contributed by atoms with van der Waals surface area (Å²) in [4.78, 5) is 29.5. The minimum Gasteiger partial charge on any atom is -0.366 e. The van der Waals surface area contributed by atoms with Crippen molar-refractivity contribution in [3.05, 3.63) is 23.2 Å². The highest BCUT2D eigenvalue weighted by molar-refractivity contribution is 6.02. The number of rotatable bonds is 7. The molecule has 3 aliphatic rings. The molecule has 9 nitrogen and oxygen atoms in total. The van der Waals surface area contributed by atoms with Crippen molar-refractivity contribution in [3.63, 3.8) is 0 Å². The summed E-state index contributed by atoms with van der Waals surface area (Å²) in [6, 6.07) is -0.0605.